The van der Waals surface area contributed by atoms with Crippen LogP contribution in [-0.4, -0.2) is 52.4 Å². The van der Waals surface area contributed by atoms with Gasteiger partial charge in [-0.05, 0) is 87.8 Å². The molecule has 1 heterocycles. The topological polar surface area (TPSA) is 41.4 Å². The summed E-state index contributed by atoms with van der Waals surface area (Å²) in [5.74, 6) is 1.43. The van der Waals surface area contributed by atoms with Crippen molar-refractivity contribution in [3.63, 3.8) is 0 Å². The van der Waals surface area contributed by atoms with Gasteiger partial charge in [-0.2, -0.15) is 0 Å². The fourth-order valence-corrected chi connectivity index (χ4v) is 5.08. The Morgan fingerprint density at radius 2 is 1.67 bits per heavy atom. The van der Waals surface area contributed by atoms with E-state index in [0.717, 1.165) is 49.2 Å². The third-order valence-corrected chi connectivity index (χ3v) is 7.14. The van der Waals surface area contributed by atoms with Gasteiger partial charge in [0.25, 0.3) is 5.91 Å². The Morgan fingerprint density at radius 1 is 0.972 bits per heavy atom. The van der Waals surface area contributed by atoms with Gasteiger partial charge in [-0.15, -0.1) is 0 Å². The number of aromatic nitrogens is 2. The summed E-state index contributed by atoms with van der Waals surface area (Å²) in [7, 11) is 4.14. The summed E-state index contributed by atoms with van der Waals surface area (Å²) < 4.78 is 2.32. The molecule has 4 aromatic rings. The Labute approximate surface area is 218 Å². The van der Waals surface area contributed by atoms with Crippen LogP contribution in [0.4, 0.5) is 0 Å². The second-order valence-electron chi connectivity index (χ2n) is 9.97. The second-order valence-corrected chi connectivity index (χ2v) is 10.4. The Morgan fingerprint density at radius 3 is 2.36 bits per heavy atom. The van der Waals surface area contributed by atoms with Crippen LogP contribution in [0.2, 0.25) is 5.02 Å². The molecule has 6 heteroatoms. The molecule has 186 valence electrons. The Bertz CT molecular complexity index is 1310. The van der Waals surface area contributed by atoms with Gasteiger partial charge >= 0.3 is 0 Å². The fourth-order valence-electron chi connectivity index (χ4n) is 4.95. The van der Waals surface area contributed by atoms with Gasteiger partial charge in [-0.25, -0.2) is 4.98 Å². The fraction of sp³-hybridized carbons (Fsp3) is 0.333. The van der Waals surface area contributed by atoms with Crippen LogP contribution in [0, 0.1) is 5.92 Å². The zero-order valence-corrected chi connectivity index (χ0v) is 21.7. The van der Waals surface area contributed by atoms with E-state index in [2.05, 4.69) is 70.9 Å². The zero-order valence-electron chi connectivity index (χ0n) is 21.0. The van der Waals surface area contributed by atoms with Gasteiger partial charge in [0, 0.05) is 23.7 Å². The number of carbonyl (C=O) groups excluding carboxylic acids is 1. The number of hydrogen-bond donors (Lipinski definition) is 0. The highest BCUT2D eigenvalue weighted by atomic mass is 35.5. The van der Waals surface area contributed by atoms with Gasteiger partial charge < -0.3 is 14.4 Å². The van der Waals surface area contributed by atoms with E-state index in [1.54, 1.807) is 12.1 Å². The number of fused-ring (bicyclic) bond motifs is 1. The number of para-hydroxylation sites is 2. The summed E-state index contributed by atoms with van der Waals surface area (Å²) in [6, 6.07) is 26.0. The van der Waals surface area contributed by atoms with Crippen LogP contribution in [0.1, 0.15) is 47.1 Å². The highest BCUT2D eigenvalue weighted by Crippen LogP contribution is 2.45. The Hall–Kier alpha value is -3.15. The molecule has 1 unspecified atom stereocenters. The van der Waals surface area contributed by atoms with Crippen molar-refractivity contribution in [2.75, 3.05) is 27.2 Å². The van der Waals surface area contributed by atoms with Crippen LogP contribution in [0.25, 0.3) is 11.0 Å². The minimum Gasteiger partial charge on any atom is -0.328 e. The molecule has 36 heavy (non-hydrogen) atoms. The lowest BCUT2D eigenvalue weighted by molar-refractivity contribution is 0.0630. The van der Waals surface area contributed by atoms with Crippen LogP contribution in [0.5, 0.6) is 0 Å². The monoisotopic (exact) mass is 500 g/mol. The van der Waals surface area contributed by atoms with Gasteiger partial charge in [-0.3, -0.25) is 4.79 Å². The predicted octanol–water partition coefficient (Wildman–Crippen LogP) is 6.28. The zero-order chi connectivity index (χ0) is 25.1. The highest BCUT2D eigenvalue weighted by molar-refractivity contribution is 6.30. The van der Waals surface area contributed by atoms with Crippen LogP contribution in [0.3, 0.4) is 0 Å². The summed E-state index contributed by atoms with van der Waals surface area (Å²) in [4.78, 5) is 23.4. The maximum atomic E-state index is 14.0. The average Bonchev–Trinajstić information content (AvgIpc) is 3.66. The smallest absolute Gasteiger partial charge is 0.254 e. The molecule has 1 aromatic heterocycles. The minimum atomic E-state index is -0.0774. The molecule has 0 saturated heterocycles. The first-order chi connectivity index (χ1) is 17.5. The number of benzene rings is 3. The highest BCUT2D eigenvalue weighted by Gasteiger charge is 2.41. The van der Waals surface area contributed by atoms with Crippen molar-refractivity contribution in [3.05, 3.63) is 101 Å². The van der Waals surface area contributed by atoms with Gasteiger partial charge in [0.1, 0.15) is 5.82 Å². The van der Waals surface area contributed by atoms with Crippen LogP contribution in [-0.2, 0) is 6.54 Å². The molecule has 0 bridgehead atoms. The summed E-state index contributed by atoms with van der Waals surface area (Å²) in [6.07, 6.45) is 3.11. The van der Waals surface area contributed by atoms with Crippen LogP contribution < -0.4 is 0 Å². The molecule has 1 aliphatic carbocycles. The number of imidazole rings is 1. The lowest BCUT2D eigenvalue weighted by atomic mass is 10.1. The number of nitrogens with zero attached hydrogens (tertiary/aromatic N) is 4. The summed E-state index contributed by atoms with van der Waals surface area (Å²) >= 11 is 6.13. The quantitative estimate of drug-likeness (QED) is 0.257. The first-order valence-electron chi connectivity index (χ1n) is 12.7. The Kier molecular flexibility index (Phi) is 7.40. The third-order valence-electron chi connectivity index (χ3n) is 6.89. The molecule has 1 fully saturated rings. The summed E-state index contributed by atoms with van der Waals surface area (Å²) in [5.41, 5.74) is 3.97. The molecule has 0 spiro atoms. The molecule has 3 aromatic carbocycles. The van der Waals surface area contributed by atoms with Gasteiger partial charge in [0.2, 0.25) is 0 Å². The molecule has 1 amide bonds. The van der Waals surface area contributed by atoms with E-state index in [4.69, 9.17) is 16.6 Å². The van der Waals surface area contributed by atoms with Crippen molar-refractivity contribution in [1.82, 2.24) is 19.4 Å². The molecule has 1 atom stereocenters. The molecule has 5 rings (SSSR count). The normalized spacial score (nSPS) is 14.3. The number of amides is 1. The molecule has 0 aliphatic heterocycles. The van der Waals surface area contributed by atoms with E-state index < -0.39 is 0 Å². The molecule has 5 nitrogen and oxygen atoms in total. The maximum absolute atomic E-state index is 14.0. The van der Waals surface area contributed by atoms with Gasteiger partial charge in [-0.1, -0.05) is 54.1 Å². The molecule has 1 saturated carbocycles. The van der Waals surface area contributed by atoms with Crippen molar-refractivity contribution in [2.24, 2.45) is 5.92 Å². The van der Waals surface area contributed by atoms with E-state index in [-0.39, 0.29) is 11.9 Å². The minimum absolute atomic E-state index is 0.0423. The van der Waals surface area contributed by atoms with Gasteiger partial charge in [0.15, 0.2) is 0 Å². The van der Waals surface area contributed by atoms with E-state index in [0.29, 0.717) is 23.0 Å². The lowest BCUT2D eigenvalue weighted by Gasteiger charge is -2.33. The second kappa shape index (κ2) is 10.9. The molecular formula is C30H33ClN4O. The van der Waals surface area contributed by atoms with Crippen molar-refractivity contribution < 1.29 is 4.79 Å². The predicted molar refractivity (Wildman–Crippen MR) is 146 cm³/mol. The Balaban J connectivity index is 1.58. The summed E-state index contributed by atoms with van der Waals surface area (Å²) in [6.45, 7) is 2.32. The third kappa shape index (κ3) is 5.48. The van der Waals surface area contributed by atoms with E-state index in [1.165, 1.54) is 5.56 Å². The van der Waals surface area contributed by atoms with Gasteiger partial charge in [0.05, 0.1) is 17.1 Å². The summed E-state index contributed by atoms with van der Waals surface area (Å²) in [5, 5.41) is 0.633. The van der Waals surface area contributed by atoms with Crippen molar-refractivity contribution in [3.8, 4) is 0 Å². The number of halogens is 1. The van der Waals surface area contributed by atoms with E-state index >= 15 is 0 Å². The number of rotatable bonds is 10. The first-order valence-corrected chi connectivity index (χ1v) is 13.1. The number of carbonyl (C=O) groups is 1. The van der Waals surface area contributed by atoms with Crippen LogP contribution >= 0.6 is 11.6 Å². The van der Waals surface area contributed by atoms with E-state index in [1.807, 2.05) is 24.3 Å². The standard InChI is InChI=1S/C30H33ClN4O/c1-33(2)19-8-20-34(30(36)24-15-17-25(31)18-16-24)28(23-13-14-23)29-32-26-11-6-7-12-27(26)35(29)21-22-9-4-3-5-10-22/h3-7,9-12,15-18,23,28H,8,13-14,19-21H2,1-2H3. The van der Waals surface area contributed by atoms with Crippen molar-refractivity contribution >= 4 is 28.5 Å². The number of hydrogen-bond acceptors (Lipinski definition) is 3. The molecule has 0 N–H and O–H groups in total. The molecule has 0 radical (unpaired) electrons. The first kappa shape index (κ1) is 24.5. The van der Waals surface area contributed by atoms with Crippen LogP contribution in [0.15, 0.2) is 78.9 Å². The van der Waals surface area contributed by atoms with Crippen molar-refractivity contribution in [1.29, 1.82) is 0 Å². The maximum Gasteiger partial charge on any atom is 0.254 e. The SMILES string of the molecule is CN(C)CCCN(C(=O)c1ccc(Cl)cc1)C(c1nc2ccccc2n1Cc1ccccc1)C1CC1. The van der Waals surface area contributed by atoms with E-state index in [9.17, 15) is 4.79 Å². The molecule has 1 aliphatic rings. The van der Waals surface area contributed by atoms with Crippen molar-refractivity contribution in [2.45, 2.75) is 31.8 Å². The molecular weight excluding hydrogens is 468 g/mol. The average molecular weight is 501 g/mol. The lowest BCUT2D eigenvalue weighted by Crippen LogP contribution is -2.39. The largest absolute Gasteiger partial charge is 0.328 e.